The lowest BCUT2D eigenvalue weighted by Crippen LogP contribution is -2.14. The lowest BCUT2D eigenvalue weighted by Gasteiger charge is -2.10. The molecule has 27 heavy (non-hydrogen) atoms. The number of carbonyl (C=O) groups is 2. The fourth-order valence-electron chi connectivity index (χ4n) is 2.67. The molecule has 0 saturated carbocycles. The van der Waals surface area contributed by atoms with Crippen molar-refractivity contribution in [2.75, 3.05) is 11.9 Å². The Labute approximate surface area is 157 Å². The van der Waals surface area contributed by atoms with Crippen molar-refractivity contribution >= 4 is 23.1 Å². The van der Waals surface area contributed by atoms with Crippen molar-refractivity contribution in [1.82, 2.24) is 0 Å². The van der Waals surface area contributed by atoms with Gasteiger partial charge in [0.05, 0.1) is 4.92 Å². The minimum Gasteiger partial charge on any atom is -0.478 e. The van der Waals surface area contributed by atoms with Crippen molar-refractivity contribution < 1.29 is 19.2 Å². The molecular formula is C20H22N2O5. The van der Waals surface area contributed by atoms with E-state index in [1.165, 1.54) is 6.07 Å². The largest absolute Gasteiger partial charge is 0.478 e. The maximum atomic E-state index is 12.3. The van der Waals surface area contributed by atoms with Crippen molar-refractivity contribution in [3.05, 3.63) is 63.2 Å². The van der Waals surface area contributed by atoms with Crippen LogP contribution in [0.1, 0.15) is 41.3 Å². The number of ether oxygens (including phenoxy) is 1. The second-order valence-electron chi connectivity index (χ2n) is 6.27. The van der Waals surface area contributed by atoms with Gasteiger partial charge in [0.2, 0.25) is 11.7 Å². The third kappa shape index (κ3) is 5.37. The number of hydrogen-bond acceptors (Lipinski definition) is 5. The normalized spacial score (nSPS) is 10.3. The number of anilines is 1. The van der Waals surface area contributed by atoms with Gasteiger partial charge in [-0.25, -0.2) is 0 Å². The number of Topliss-reactive ketones (excluding diaryl/α,β-unsaturated/α-hetero) is 1. The molecule has 0 heterocycles. The second-order valence-corrected chi connectivity index (χ2v) is 6.27. The molecule has 0 saturated heterocycles. The predicted octanol–water partition coefficient (Wildman–Crippen LogP) is 4.21. The number of ketones is 1. The van der Waals surface area contributed by atoms with Crippen LogP contribution in [0.3, 0.4) is 0 Å². The molecule has 0 bridgehead atoms. The van der Waals surface area contributed by atoms with E-state index in [0.717, 1.165) is 12.0 Å². The van der Waals surface area contributed by atoms with Crippen LogP contribution in [0, 0.1) is 24.0 Å². The van der Waals surface area contributed by atoms with Gasteiger partial charge in [0, 0.05) is 23.7 Å². The van der Waals surface area contributed by atoms with Crippen LogP contribution >= 0.6 is 0 Å². The van der Waals surface area contributed by atoms with Crippen LogP contribution in [-0.2, 0) is 4.79 Å². The van der Waals surface area contributed by atoms with E-state index in [1.54, 1.807) is 44.2 Å². The van der Waals surface area contributed by atoms with E-state index >= 15 is 0 Å². The first-order valence-corrected chi connectivity index (χ1v) is 8.63. The van der Waals surface area contributed by atoms with E-state index in [4.69, 9.17) is 4.74 Å². The zero-order valence-electron chi connectivity index (χ0n) is 15.6. The zero-order valence-corrected chi connectivity index (χ0v) is 15.6. The number of hydrogen-bond donors (Lipinski definition) is 1. The molecule has 1 N–H and O–H groups in total. The van der Waals surface area contributed by atoms with Crippen molar-refractivity contribution in [2.24, 2.45) is 0 Å². The van der Waals surface area contributed by atoms with Gasteiger partial charge in [-0.2, -0.15) is 0 Å². The third-order valence-corrected chi connectivity index (χ3v) is 3.91. The molecule has 0 aliphatic heterocycles. The Balaban J connectivity index is 2.06. The Morgan fingerprint density at radius 3 is 2.41 bits per heavy atom. The Morgan fingerprint density at radius 1 is 1.15 bits per heavy atom. The van der Waals surface area contributed by atoms with Gasteiger partial charge in [0.15, 0.2) is 12.4 Å². The topological polar surface area (TPSA) is 98.5 Å². The van der Waals surface area contributed by atoms with Crippen LogP contribution in [-0.4, -0.2) is 23.2 Å². The van der Waals surface area contributed by atoms with Gasteiger partial charge in [0.1, 0.15) is 0 Å². The molecule has 0 aliphatic rings. The van der Waals surface area contributed by atoms with Crippen LogP contribution in [0.25, 0.3) is 0 Å². The molecule has 0 unspecified atom stereocenters. The molecule has 142 valence electrons. The lowest BCUT2D eigenvalue weighted by molar-refractivity contribution is -0.385. The van der Waals surface area contributed by atoms with Gasteiger partial charge in [-0.05, 0) is 55.7 Å². The van der Waals surface area contributed by atoms with Crippen LogP contribution in [0.15, 0.2) is 36.4 Å². The van der Waals surface area contributed by atoms with E-state index in [9.17, 15) is 19.7 Å². The number of amides is 1. The Hall–Kier alpha value is -3.22. The maximum Gasteiger partial charge on any atom is 0.311 e. The van der Waals surface area contributed by atoms with Crippen LogP contribution in [0.5, 0.6) is 5.75 Å². The van der Waals surface area contributed by atoms with Gasteiger partial charge in [-0.3, -0.25) is 19.7 Å². The molecule has 0 aromatic heterocycles. The Morgan fingerprint density at radius 2 is 1.81 bits per heavy atom. The smallest absolute Gasteiger partial charge is 0.311 e. The summed E-state index contributed by atoms with van der Waals surface area (Å²) in [5.41, 5.74) is 2.20. The second kappa shape index (κ2) is 8.93. The minimum absolute atomic E-state index is 0.0814. The molecule has 7 heteroatoms. The number of aryl methyl sites for hydroxylation is 2. The number of carbonyl (C=O) groups excluding carboxylic acids is 2. The number of benzene rings is 2. The van der Waals surface area contributed by atoms with E-state index < -0.39 is 4.92 Å². The van der Waals surface area contributed by atoms with E-state index in [0.29, 0.717) is 23.2 Å². The first kappa shape index (κ1) is 20.1. The van der Waals surface area contributed by atoms with Crippen molar-refractivity contribution in [2.45, 2.75) is 33.6 Å². The molecule has 0 atom stereocenters. The molecule has 0 fully saturated rings. The number of nitrogens with zero attached hydrogens (tertiary/aromatic N) is 1. The molecule has 1 amide bonds. The fraction of sp³-hybridized carbons (Fsp3) is 0.300. The average Bonchev–Trinajstić information content (AvgIpc) is 2.60. The summed E-state index contributed by atoms with van der Waals surface area (Å²) in [6.07, 6.45) is 1.19. The molecule has 7 nitrogen and oxygen atoms in total. The summed E-state index contributed by atoms with van der Waals surface area (Å²) >= 11 is 0. The minimum atomic E-state index is -0.520. The van der Waals surface area contributed by atoms with Crippen molar-refractivity contribution in [3.8, 4) is 5.75 Å². The van der Waals surface area contributed by atoms with Crippen LogP contribution in [0.4, 0.5) is 11.4 Å². The molecule has 2 aromatic carbocycles. The van der Waals surface area contributed by atoms with Gasteiger partial charge in [0.25, 0.3) is 0 Å². The number of nitro benzene ring substituents is 1. The highest BCUT2D eigenvalue weighted by molar-refractivity contribution is 5.98. The van der Waals surface area contributed by atoms with E-state index in [-0.39, 0.29) is 29.7 Å². The molecule has 0 aliphatic carbocycles. The summed E-state index contributed by atoms with van der Waals surface area (Å²) in [6.45, 7) is 5.07. The zero-order chi connectivity index (χ0) is 20.0. The molecule has 0 radical (unpaired) electrons. The summed E-state index contributed by atoms with van der Waals surface area (Å²) in [4.78, 5) is 34.6. The van der Waals surface area contributed by atoms with Crippen molar-refractivity contribution in [3.63, 3.8) is 0 Å². The summed E-state index contributed by atoms with van der Waals surface area (Å²) in [5.74, 6) is -0.292. The first-order valence-electron chi connectivity index (χ1n) is 8.63. The third-order valence-electron chi connectivity index (χ3n) is 3.91. The standard InChI is InChI=1S/C20H22N2O5/c1-4-5-19(24)21-16-8-6-15(7-9-16)18(23)12-27-20-14(3)10-13(2)11-17(20)22(25)26/h6-11H,4-5,12H2,1-3H3,(H,21,24). The van der Waals surface area contributed by atoms with E-state index in [2.05, 4.69) is 5.32 Å². The van der Waals surface area contributed by atoms with E-state index in [1.807, 2.05) is 6.92 Å². The van der Waals surface area contributed by atoms with Crippen LogP contribution in [0.2, 0.25) is 0 Å². The highest BCUT2D eigenvalue weighted by Gasteiger charge is 2.20. The number of nitro groups is 1. The maximum absolute atomic E-state index is 12.3. The molecule has 0 spiro atoms. The number of nitrogens with one attached hydrogen (secondary N) is 1. The summed E-state index contributed by atoms with van der Waals surface area (Å²) in [6, 6.07) is 9.63. The van der Waals surface area contributed by atoms with Gasteiger partial charge in [-0.1, -0.05) is 13.0 Å². The Bertz CT molecular complexity index is 859. The van der Waals surface area contributed by atoms with Gasteiger partial charge in [-0.15, -0.1) is 0 Å². The number of rotatable bonds is 8. The first-order chi connectivity index (χ1) is 12.8. The molecule has 2 aromatic rings. The summed E-state index contributed by atoms with van der Waals surface area (Å²) in [5, 5.41) is 14.0. The highest BCUT2D eigenvalue weighted by Crippen LogP contribution is 2.32. The van der Waals surface area contributed by atoms with Gasteiger partial charge < -0.3 is 10.1 Å². The van der Waals surface area contributed by atoms with Crippen molar-refractivity contribution in [1.29, 1.82) is 0 Å². The SMILES string of the molecule is CCCC(=O)Nc1ccc(C(=O)COc2c(C)cc(C)cc2[N+](=O)[O-])cc1. The predicted molar refractivity (Wildman–Crippen MR) is 102 cm³/mol. The fourth-order valence-corrected chi connectivity index (χ4v) is 2.67. The molecular weight excluding hydrogens is 348 g/mol. The monoisotopic (exact) mass is 370 g/mol. The lowest BCUT2D eigenvalue weighted by atomic mass is 10.1. The van der Waals surface area contributed by atoms with Gasteiger partial charge >= 0.3 is 5.69 Å². The Kier molecular flexibility index (Phi) is 6.65. The average molecular weight is 370 g/mol. The summed E-state index contributed by atoms with van der Waals surface area (Å²) in [7, 11) is 0. The highest BCUT2D eigenvalue weighted by atomic mass is 16.6. The quantitative estimate of drug-likeness (QED) is 0.426. The summed E-state index contributed by atoms with van der Waals surface area (Å²) < 4.78 is 5.47. The van der Waals surface area contributed by atoms with Crippen LogP contribution < -0.4 is 10.1 Å². The molecule has 2 rings (SSSR count).